The molecule has 0 saturated heterocycles. The second kappa shape index (κ2) is 7.80. The fraction of sp³-hybridized carbons (Fsp3) is 0.167. The third-order valence-corrected chi connectivity index (χ3v) is 4.56. The summed E-state index contributed by atoms with van der Waals surface area (Å²) >= 11 is 9.53. The summed E-state index contributed by atoms with van der Waals surface area (Å²) in [5.41, 5.74) is 1.46. The standard InChI is InChI=1S/C18H16BrClN4O/c1-2-24(17-8-7-15(19)10-21-17)18(25)14-9-22-23(12-14)11-13-5-3-4-6-16(13)20/h3-10,12H,2,11H2,1H3. The van der Waals surface area contributed by atoms with Crippen LogP contribution in [0.4, 0.5) is 5.82 Å². The van der Waals surface area contributed by atoms with Crippen molar-refractivity contribution in [1.29, 1.82) is 0 Å². The lowest BCUT2D eigenvalue weighted by atomic mass is 10.2. The van der Waals surface area contributed by atoms with Crippen molar-refractivity contribution >= 4 is 39.3 Å². The number of hydrogen-bond donors (Lipinski definition) is 0. The Morgan fingerprint density at radius 3 is 2.72 bits per heavy atom. The highest BCUT2D eigenvalue weighted by molar-refractivity contribution is 9.10. The first kappa shape index (κ1) is 17.6. The van der Waals surface area contributed by atoms with E-state index < -0.39 is 0 Å². The van der Waals surface area contributed by atoms with Crippen molar-refractivity contribution in [1.82, 2.24) is 14.8 Å². The molecule has 0 fully saturated rings. The molecule has 0 spiro atoms. The van der Waals surface area contributed by atoms with Crippen LogP contribution in [0.15, 0.2) is 59.5 Å². The highest BCUT2D eigenvalue weighted by Gasteiger charge is 2.19. The normalized spacial score (nSPS) is 10.7. The Morgan fingerprint density at radius 2 is 2.04 bits per heavy atom. The van der Waals surface area contributed by atoms with E-state index in [1.807, 2.05) is 37.3 Å². The van der Waals surface area contributed by atoms with Crippen molar-refractivity contribution in [3.05, 3.63) is 75.6 Å². The van der Waals surface area contributed by atoms with Gasteiger partial charge in [-0.15, -0.1) is 0 Å². The molecular formula is C18H16BrClN4O. The molecule has 3 rings (SSSR count). The molecule has 0 atom stereocenters. The molecule has 0 aliphatic carbocycles. The smallest absolute Gasteiger partial charge is 0.262 e. The Bertz CT molecular complexity index is 879. The SMILES string of the molecule is CCN(C(=O)c1cnn(Cc2ccccc2Cl)c1)c1ccc(Br)cn1. The number of nitrogens with zero attached hydrogens (tertiary/aromatic N) is 4. The van der Waals surface area contributed by atoms with Crippen molar-refractivity contribution in [2.24, 2.45) is 0 Å². The number of aromatic nitrogens is 3. The first-order chi connectivity index (χ1) is 12.1. The zero-order valence-electron chi connectivity index (χ0n) is 13.6. The van der Waals surface area contributed by atoms with Crippen LogP contribution in [0.3, 0.4) is 0 Å². The van der Waals surface area contributed by atoms with Gasteiger partial charge in [0.25, 0.3) is 5.91 Å². The van der Waals surface area contributed by atoms with Crippen molar-refractivity contribution in [3.63, 3.8) is 0 Å². The number of benzene rings is 1. The Balaban J connectivity index is 1.79. The summed E-state index contributed by atoms with van der Waals surface area (Å²) in [6.07, 6.45) is 4.97. The van der Waals surface area contributed by atoms with Crippen molar-refractivity contribution in [2.75, 3.05) is 11.4 Å². The average molecular weight is 420 g/mol. The lowest BCUT2D eigenvalue weighted by molar-refractivity contribution is 0.0987. The molecule has 0 radical (unpaired) electrons. The molecular weight excluding hydrogens is 404 g/mol. The maximum absolute atomic E-state index is 12.8. The maximum Gasteiger partial charge on any atom is 0.262 e. The van der Waals surface area contributed by atoms with Crippen LogP contribution >= 0.6 is 27.5 Å². The van der Waals surface area contributed by atoms with Crippen LogP contribution in [0.5, 0.6) is 0 Å². The van der Waals surface area contributed by atoms with Crippen LogP contribution in [-0.4, -0.2) is 27.2 Å². The van der Waals surface area contributed by atoms with Crippen LogP contribution < -0.4 is 4.90 Å². The molecule has 0 saturated carbocycles. The van der Waals surface area contributed by atoms with Gasteiger partial charge in [-0.3, -0.25) is 14.4 Å². The van der Waals surface area contributed by atoms with Gasteiger partial charge in [0.2, 0.25) is 0 Å². The number of halogens is 2. The minimum absolute atomic E-state index is 0.136. The van der Waals surface area contributed by atoms with E-state index in [4.69, 9.17) is 11.6 Å². The predicted octanol–water partition coefficient (Wildman–Crippen LogP) is 4.41. The minimum Gasteiger partial charge on any atom is -0.293 e. The number of pyridine rings is 1. The molecule has 128 valence electrons. The number of amides is 1. The topological polar surface area (TPSA) is 51.0 Å². The molecule has 2 heterocycles. The zero-order valence-corrected chi connectivity index (χ0v) is 15.9. The fourth-order valence-corrected chi connectivity index (χ4v) is 2.88. The minimum atomic E-state index is -0.136. The van der Waals surface area contributed by atoms with Gasteiger partial charge in [0.1, 0.15) is 5.82 Å². The predicted molar refractivity (Wildman–Crippen MR) is 102 cm³/mol. The fourth-order valence-electron chi connectivity index (χ4n) is 2.45. The van der Waals surface area contributed by atoms with Gasteiger partial charge in [-0.1, -0.05) is 29.8 Å². The van der Waals surface area contributed by atoms with Gasteiger partial charge in [0, 0.05) is 28.4 Å². The third-order valence-electron chi connectivity index (χ3n) is 3.72. The molecule has 1 aromatic carbocycles. The largest absolute Gasteiger partial charge is 0.293 e. The molecule has 0 aliphatic heterocycles. The Kier molecular flexibility index (Phi) is 5.50. The quantitative estimate of drug-likeness (QED) is 0.615. The van der Waals surface area contributed by atoms with Crippen LogP contribution in [0.1, 0.15) is 22.8 Å². The summed E-state index contributed by atoms with van der Waals surface area (Å²) in [4.78, 5) is 18.7. The van der Waals surface area contributed by atoms with E-state index in [0.29, 0.717) is 29.5 Å². The molecule has 2 aromatic heterocycles. The Morgan fingerprint density at radius 1 is 1.24 bits per heavy atom. The van der Waals surface area contributed by atoms with Gasteiger partial charge >= 0.3 is 0 Å². The number of hydrogen-bond acceptors (Lipinski definition) is 3. The summed E-state index contributed by atoms with van der Waals surface area (Å²) in [7, 11) is 0. The van der Waals surface area contributed by atoms with E-state index in [1.54, 1.807) is 34.2 Å². The van der Waals surface area contributed by atoms with Gasteiger partial charge in [0.05, 0.1) is 18.3 Å². The first-order valence-corrected chi connectivity index (χ1v) is 8.95. The van der Waals surface area contributed by atoms with E-state index in [1.165, 1.54) is 0 Å². The molecule has 25 heavy (non-hydrogen) atoms. The van der Waals surface area contributed by atoms with Crippen LogP contribution in [0, 0.1) is 0 Å². The highest BCUT2D eigenvalue weighted by Crippen LogP contribution is 2.19. The first-order valence-electron chi connectivity index (χ1n) is 7.77. The van der Waals surface area contributed by atoms with Gasteiger partial charge in [-0.25, -0.2) is 4.98 Å². The third kappa shape index (κ3) is 4.08. The summed E-state index contributed by atoms with van der Waals surface area (Å²) in [6.45, 7) is 2.94. The molecule has 0 aliphatic rings. The molecule has 5 nitrogen and oxygen atoms in total. The van der Waals surface area contributed by atoms with Crippen LogP contribution in [0.25, 0.3) is 0 Å². The van der Waals surface area contributed by atoms with E-state index in [-0.39, 0.29) is 5.91 Å². The summed E-state index contributed by atoms with van der Waals surface area (Å²) in [6, 6.07) is 11.3. The van der Waals surface area contributed by atoms with E-state index in [0.717, 1.165) is 10.0 Å². The van der Waals surface area contributed by atoms with Gasteiger partial charge in [-0.05, 0) is 46.6 Å². The van der Waals surface area contributed by atoms with E-state index in [2.05, 4.69) is 26.0 Å². The zero-order chi connectivity index (χ0) is 17.8. The van der Waals surface area contributed by atoms with Gasteiger partial charge in [-0.2, -0.15) is 5.10 Å². The number of rotatable bonds is 5. The molecule has 0 bridgehead atoms. The monoisotopic (exact) mass is 418 g/mol. The Labute approximate surface area is 159 Å². The average Bonchev–Trinajstić information content (AvgIpc) is 3.08. The highest BCUT2D eigenvalue weighted by atomic mass is 79.9. The van der Waals surface area contributed by atoms with E-state index in [9.17, 15) is 4.79 Å². The van der Waals surface area contributed by atoms with Crippen molar-refractivity contribution in [3.8, 4) is 0 Å². The lowest BCUT2D eigenvalue weighted by Gasteiger charge is -2.19. The second-order valence-corrected chi connectivity index (χ2v) is 6.72. The molecule has 1 amide bonds. The summed E-state index contributed by atoms with van der Waals surface area (Å²) in [5, 5.41) is 4.96. The van der Waals surface area contributed by atoms with Crippen LogP contribution in [0.2, 0.25) is 5.02 Å². The number of carbonyl (C=O) groups is 1. The summed E-state index contributed by atoms with van der Waals surface area (Å²) < 4.78 is 2.57. The number of carbonyl (C=O) groups excluding carboxylic acids is 1. The lowest BCUT2D eigenvalue weighted by Crippen LogP contribution is -2.31. The van der Waals surface area contributed by atoms with Crippen LogP contribution in [-0.2, 0) is 6.54 Å². The van der Waals surface area contributed by atoms with E-state index >= 15 is 0 Å². The maximum atomic E-state index is 12.8. The second-order valence-electron chi connectivity index (χ2n) is 5.40. The Hall–Kier alpha value is -2.18. The van der Waals surface area contributed by atoms with Crippen molar-refractivity contribution < 1.29 is 4.79 Å². The molecule has 3 aromatic rings. The number of anilines is 1. The molecule has 0 unspecified atom stereocenters. The molecule has 7 heteroatoms. The van der Waals surface area contributed by atoms with Gasteiger partial charge in [0.15, 0.2) is 0 Å². The van der Waals surface area contributed by atoms with Crippen molar-refractivity contribution in [2.45, 2.75) is 13.5 Å². The molecule has 0 N–H and O–H groups in total. The van der Waals surface area contributed by atoms with Gasteiger partial charge < -0.3 is 0 Å². The summed E-state index contributed by atoms with van der Waals surface area (Å²) in [5.74, 6) is 0.470.